The van der Waals surface area contributed by atoms with Gasteiger partial charge in [0, 0.05) is 12.0 Å². The summed E-state index contributed by atoms with van der Waals surface area (Å²) in [5.74, 6) is 1.47. The van der Waals surface area contributed by atoms with Crippen molar-refractivity contribution in [1.29, 1.82) is 0 Å². The van der Waals surface area contributed by atoms with Crippen molar-refractivity contribution in [3.05, 3.63) is 23.8 Å². The van der Waals surface area contributed by atoms with Gasteiger partial charge in [0.05, 0.1) is 13.7 Å². The van der Waals surface area contributed by atoms with Crippen LogP contribution in [0.4, 0.5) is 0 Å². The molecular weight excluding hydrogens is 240 g/mol. The lowest BCUT2D eigenvalue weighted by molar-refractivity contribution is 0.0987. The second-order valence-corrected chi connectivity index (χ2v) is 4.55. The zero-order valence-electron chi connectivity index (χ0n) is 12.2. The molecule has 0 heterocycles. The summed E-state index contributed by atoms with van der Waals surface area (Å²) >= 11 is 0. The Morgan fingerprint density at radius 2 is 1.89 bits per heavy atom. The fourth-order valence-electron chi connectivity index (χ4n) is 1.88. The fraction of sp³-hybridized carbons (Fsp3) is 0.562. The maximum atomic E-state index is 11.6. The molecule has 0 aliphatic carbocycles. The highest BCUT2D eigenvalue weighted by Gasteiger charge is 2.09. The van der Waals surface area contributed by atoms with Crippen LogP contribution in [-0.4, -0.2) is 19.5 Å². The molecule has 1 rings (SSSR count). The highest BCUT2D eigenvalue weighted by atomic mass is 16.5. The van der Waals surface area contributed by atoms with Crippen molar-refractivity contribution in [2.75, 3.05) is 13.7 Å². The fourth-order valence-corrected chi connectivity index (χ4v) is 1.88. The number of carbonyl (C=O) groups is 1. The molecule has 0 saturated carbocycles. The van der Waals surface area contributed by atoms with E-state index in [4.69, 9.17) is 9.47 Å². The van der Waals surface area contributed by atoms with Crippen LogP contribution in [-0.2, 0) is 0 Å². The van der Waals surface area contributed by atoms with Gasteiger partial charge in [0.1, 0.15) is 0 Å². The number of hydrogen-bond donors (Lipinski definition) is 0. The van der Waals surface area contributed by atoms with Gasteiger partial charge in [-0.05, 0) is 24.6 Å². The molecule has 0 atom stereocenters. The third kappa shape index (κ3) is 4.93. The van der Waals surface area contributed by atoms with E-state index in [2.05, 4.69) is 6.92 Å². The largest absolute Gasteiger partial charge is 0.493 e. The molecule has 3 nitrogen and oxygen atoms in total. The van der Waals surface area contributed by atoms with E-state index < -0.39 is 0 Å². The Bertz CT molecular complexity index is 399. The second kappa shape index (κ2) is 8.57. The molecule has 0 unspecified atom stereocenters. The molecule has 0 amide bonds. The Morgan fingerprint density at radius 3 is 2.53 bits per heavy atom. The van der Waals surface area contributed by atoms with Crippen LogP contribution in [0.1, 0.15) is 56.3 Å². The van der Waals surface area contributed by atoms with E-state index in [0.717, 1.165) is 6.42 Å². The van der Waals surface area contributed by atoms with E-state index in [1.165, 1.54) is 19.3 Å². The van der Waals surface area contributed by atoms with Gasteiger partial charge in [0.15, 0.2) is 17.3 Å². The maximum Gasteiger partial charge on any atom is 0.162 e. The van der Waals surface area contributed by atoms with Gasteiger partial charge in [-0.1, -0.05) is 33.1 Å². The molecule has 0 radical (unpaired) electrons. The number of hydrogen-bond acceptors (Lipinski definition) is 3. The number of Topliss-reactive ketones (excluding diaryl/α,β-unsaturated/α-hetero) is 1. The van der Waals surface area contributed by atoms with Crippen LogP contribution >= 0.6 is 0 Å². The minimum Gasteiger partial charge on any atom is -0.493 e. The average molecular weight is 264 g/mol. The normalized spacial score (nSPS) is 10.3. The molecule has 1 aromatic carbocycles. The summed E-state index contributed by atoms with van der Waals surface area (Å²) in [5.41, 5.74) is 0.678. The zero-order chi connectivity index (χ0) is 14.1. The molecule has 106 valence electrons. The average Bonchev–Trinajstić information content (AvgIpc) is 2.46. The second-order valence-electron chi connectivity index (χ2n) is 4.55. The van der Waals surface area contributed by atoms with Crippen LogP contribution < -0.4 is 9.47 Å². The minimum absolute atomic E-state index is 0.118. The van der Waals surface area contributed by atoms with Gasteiger partial charge in [-0.25, -0.2) is 0 Å². The number of rotatable bonds is 9. The van der Waals surface area contributed by atoms with E-state index in [1.807, 2.05) is 13.0 Å². The Labute approximate surface area is 115 Å². The van der Waals surface area contributed by atoms with Crippen LogP contribution in [0, 0.1) is 0 Å². The van der Waals surface area contributed by atoms with Gasteiger partial charge in [0.25, 0.3) is 0 Å². The highest BCUT2D eigenvalue weighted by Crippen LogP contribution is 2.28. The number of benzene rings is 1. The highest BCUT2D eigenvalue weighted by molar-refractivity contribution is 5.96. The number of methoxy groups -OCH3 is 1. The summed E-state index contributed by atoms with van der Waals surface area (Å²) in [6.45, 7) is 4.73. The lowest BCUT2D eigenvalue weighted by atomic mass is 10.1. The monoisotopic (exact) mass is 264 g/mol. The summed E-state index contributed by atoms with van der Waals surface area (Å²) in [6.07, 6.45) is 5.19. The first-order chi connectivity index (χ1) is 9.22. The van der Waals surface area contributed by atoms with Crippen molar-refractivity contribution < 1.29 is 14.3 Å². The number of carbonyl (C=O) groups excluding carboxylic acids is 1. The van der Waals surface area contributed by atoms with Crippen LogP contribution in [0.2, 0.25) is 0 Å². The molecule has 0 N–H and O–H groups in total. The van der Waals surface area contributed by atoms with E-state index in [1.54, 1.807) is 19.2 Å². The predicted molar refractivity (Wildman–Crippen MR) is 77.3 cm³/mol. The SMILES string of the molecule is CCCCCCOc1ccc(C(=O)CC)cc1OC. The Morgan fingerprint density at radius 1 is 1.11 bits per heavy atom. The van der Waals surface area contributed by atoms with Crippen LogP contribution in [0.25, 0.3) is 0 Å². The molecule has 0 aliphatic rings. The van der Waals surface area contributed by atoms with Gasteiger partial charge in [-0.2, -0.15) is 0 Å². The third-order valence-corrected chi connectivity index (χ3v) is 3.06. The topological polar surface area (TPSA) is 35.5 Å². The zero-order valence-corrected chi connectivity index (χ0v) is 12.2. The first kappa shape index (κ1) is 15.5. The summed E-state index contributed by atoms with van der Waals surface area (Å²) in [4.78, 5) is 11.6. The Balaban J connectivity index is 2.60. The van der Waals surface area contributed by atoms with Crippen molar-refractivity contribution >= 4 is 5.78 Å². The molecule has 19 heavy (non-hydrogen) atoms. The smallest absolute Gasteiger partial charge is 0.162 e. The Hall–Kier alpha value is -1.51. The minimum atomic E-state index is 0.118. The van der Waals surface area contributed by atoms with E-state index in [-0.39, 0.29) is 5.78 Å². The lowest BCUT2D eigenvalue weighted by Gasteiger charge is -2.11. The van der Waals surface area contributed by atoms with Crippen molar-refractivity contribution in [1.82, 2.24) is 0 Å². The van der Waals surface area contributed by atoms with Gasteiger partial charge < -0.3 is 9.47 Å². The number of ether oxygens (including phenoxy) is 2. The van der Waals surface area contributed by atoms with E-state index in [0.29, 0.717) is 30.1 Å². The van der Waals surface area contributed by atoms with Crippen molar-refractivity contribution in [3.63, 3.8) is 0 Å². The van der Waals surface area contributed by atoms with E-state index >= 15 is 0 Å². The molecule has 0 saturated heterocycles. The first-order valence-corrected chi connectivity index (χ1v) is 7.07. The van der Waals surface area contributed by atoms with Crippen molar-refractivity contribution in [2.45, 2.75) is 46.0 Å². The van der Waals surface area contributed by atoms with Crippen LogP contribution in [0.3, 0.4) is 0 Å². The van der Waals surface area contributed by atoms with E-state index in [9.17, 15) is 4.79 Å². The molecule has 3 heteroatoms. The lowest BCUT2D eigenvalue weighted by Crippen LogP contribution is -2.02. The quantitative estimate of drug-likeness (QED) is 0.494. The number of ketones is 1. The van der Waals surface area contributed by atoms with Gasteiger partial charge in [-0.15, -0.1) is 0 Å². The summed E-state index contributed by atoms with van der Waals surface area (Å²) in [7, 11) is 1.60. The molecule has 0 fully saturated rings. The molecule has 0 spiro atoms. The summed E-state index contributed by atoms with van der Waals surface area (Å²) in [6, 6.07) is 5.38. The van der Waals surface area contributed by atoms with Gasteiger partial charge >= 0.3 is 0 Å². The summed E-state index contributed by atoms with van der Waals surface area (Å²) < 4.78 is 11.0. The van der Waals surface area contributed by atoms with Crippen LogP contribution in [0.15, 0.2) is 18.2 Å². The van der Waals surface area contributed by atoms with Gasteiger partial charge in [-0.3, -0.25) is 4.79 Å². The molecule has 0 aromatic heterocycles. The third-order valence-electron chi connectivity index (χ3n) is 3.06. The van der Waals surface area contributed by atoms with Crippen molar-refractivity contribution in [2.24, 2.45) is 0 Å². The predicted octanol–water partition coefficient (Wildman–Crippen LogP) is 4.25. The maximum absolute atomic E-state index is 11.6. The van der Waals surface area contributed by atoms with Crippen LogP contribution in [0.5, 0.6) is 11.5 Å². The molecule has 1 aromatic rings. The molecule has 0 bridgehead atoms. The first-order valence-electron chi connectivity index (χ1n) is 7.07. The molecule has 0 aliphatic heterocycles. The van der Waals surface area contributed by atoms with Crippen molar-refractivity contribution in [3.8, 4) is 11.5 Å². The summed E-state index contributed by atoms with van der Waals surface area (Å²) in [5, 5.41) is 0. The Kier molecular flexibility index (Phi) is 7.01. The number of unbranched alkanes of at least 4 members (excludes halogenated alkanes) is 3. The van der Waals surface area contributed by atoms with Gasteiger partial charge in [0.2, 0.25) is 0 Å². The standard InChI is InChI=1S/C16H24O3/c1-4-6-7-8-11-19-15-10-9-13(14(17)5-2)12-16(15)18-3/h9-10,12H,4-8,11H2,1-3H3. The molecular formula is C16H24O3.